The van der Waals surface area contributed by atoms with Crippen molar-refractivity contribution in [3.05, 3.63) is 24.3 Å². The molecular formula is C77H146O17P2. The fourth-order valence-electron chi connectivity index (χ4n) is 11.3. The van der Waals surface area contributed by atoms with Gasteiger partial charge in [0, 0.05) is 25.7 Å². The van der Waals surface area contributed by atoms with Crippen LogP contribution in [0.5, 0.6) is 0 Å². The molecule has 0 fully saturated rings. The Bertz CT molecular complexity index is 1950. The van der Waals surface area contributed by atoms with Crippen LogP contribution in [0, 0.1) is 11.8 Å². The van der Waals surface area contributed by atoms with E-state index in [1.165, 1.54) is 167 Å². The molecule has 0 aromatic heterocycles. The molecule has 0 aromatic rings. The summed E-state index contributed by atoms with van der Waals surface area (Å²) < 4.78 is 68.5. The average Bonchev–Trinajstić information content (AvgIpc) is 2.17. The van der Waals surface area contributed by atoms with Crippen LogP contribution in [-0.4, -0.2) is 96.7 Å². The van der Waals surface area contributed by atoms with Gasteiger partial charge in [-0.2, -0.15) is 0 Å². The number of allylic oxidation sites excluding steroid dienone is 4. The minimum absolute atomic E-state index is 0.101. The molecule has 0 saturated carbocycles. The van der Waals surface area contributed by atoms with Crippen molar-refractivity contribution in [3.63, 3.8) is 0 Å². The fourth-order valence-corrected chi connectivity index (χ4v) is 12.9. The molecule has 2 unspecified atom stereocenters. The largest absolute Gasteiger partial charge is 0.472 e. The Kier molecular flexibility index (Phi) is 66.6. The van der Waals surface area contributed by atoms with E-state index in [2.05, 4.69) is 65.8 Å². The van der Waals surface area contributed by atoms with Crippen LogP contribution in [0.25, 0.3) is 0 Å². The highest BCUT2D eigenvalue weighted by Gasteiger charge is 2.30. The number of hydrogen-bond acceptors (Lipinski definition) is 15. The van der Waals surface area contributed by atoms with E-state index in [4.69, 9.17) is 37.0 Å². The lowest BCUT2D eigenvalue weighted by atomic mass is 10.0. The molecule has 0 saturated heterocycles. The highest BCUT2D eigenvalue weighted by Crippen LogP contribution is 2.45. The van der Waals surface area contributed by atoms with Crippen LogP contribution in [0.2, 0.25) is 0 Å². The molecule has 0 amide bonds. The average molecular weight is 1410 g/mol. The maximum absolute atomic E-state index is 13.1. The number of esters is 4. The summed E-state index contributed by atoms with van der Waals surface area (Å²) >= 11 is 0. The first kappa shape index (κ1) is 93.5. The predicted octanol–water partition coefficient (Wildman–Crippen LogP) is 22.3. The van der Waals surface area contributed by atoms with Gasteiger partial charge in [0.2, 0.25) is 0 Å². The monoisotopic (exact) mass is 1410 g/mol. The van der Waals surface area contributed by atoms with Crippen molar-refractivity contribution in [2.45, 2.75) is 394 Å². The molecule has 0 aliphatic carbocycles. The van der Waals surface area contributed by atoms with Crippen molar-refractivity contribution in [2.75, 3.05) is 39.6 Å². The third kappa shape index (κ3) is 70.0. The van der Waals surface area contributed by atoms with Gasteiger partial charge >= 0.3 is 39.5 Å². The zero-order valence-electron chi connectivity index (χ0n) is 62.2. The van der Waals surface area contributed by atoms with Gasteiger partial charge in [0.05, 0.1) is 26.4 Å². The third-order valence-corrected chi connectivity index (χ3v) is 19.2. The molecule has 0 bridgehead atoms. The Morgan fingerprint density at radius 2 is 0.562 bits per heavy atom. The minimum atomic E-state index is -4.97. The number of ether oxygens (including phenoxy) is 4. The quantitative estimate of drug-likeness (QED) is 0.0169. The van der Waals surface area contributed by atoms with Crippen molar-refractivity contribution in [1.29, 1.82) is 0 Å². The molecule has 5 atom stereocenters. The fraction of sp³-hybridized carbons (Fsp3) is 0.896. The second-order valence-corrected chi connectivity index (χ2v) is 30.9. The van der Waals surface area contributed by atoms with Crippen molar-refractivity contribution in [1.82, 2.24) is 0 Å². The number of phosphoric ester groups is 2. The van der Waals surface area contributed by atoms with E-state index in [-0.39, 0.29) is 25.7 Å². The number of carbonyl (C=O) groups excluding carboxylic acids is 4. The van der Waals surface area contributed by atoms with Crippen LogP contribution in [-0.2, 0) is 65.4 Å². The smallest absolute Gasteiger partial charge is 0.462 e. The number of hydrogen-bond donors (Lipinski definition) is 3. The van der Waals surface area contributed by atoms with Crippen molar-refractivity contribution in [3.8, 4) is 0 Å². The van der Waals surface area contributed by atoms with E-state index >= 15 is 0 Å². The lowest BCUT2D eigenvalue weighted by Gasteiger charge is -2.21. The van der Waals surface area contributed by atoms with Crippen LogP contribution in [0.4, 0.5) is 0 Å². The second-order valence-electron chi connectivity index (χ2n) is 28.0. The summed E-state index contributed by atoms with van der Waals surface area (Å²) in [6.07, 6.45) is 59.2. The molecule has 0 aliphatic heterocycles. The van der Waals surface area contributed by atoms with Crippen LogP contribution < -0.4 is 0 Å². The maximum atomic E-state index is 13.1. The van der Waals surface area contributed by atoms with Crippen LogP contribution in [0.3, 0.4) is 0 Å². The first-order chi connectivity index (χ1) is 46.4. The van der Waals surface area contributed by atoms with E-state index in [1.807, 2.05) is 0 Å². The third-order valence-electron chi connectivity index (χ3n) is 17.3. The zero-order chi connectivity index (χ0) is 70.7. The van der Waals surface area contributed by atoms with Gasteiger partial charge in [0.25, 0.3) is 0 Å². The van der Waals surface area contributed by atoms with E-state index < -0.39 is 97.5 Å². The Hall–Kier alpha value is -2.46. The van der Waals surface area contributed by atoms with Crippen LogP contribution >= 0.6 is 15.6 Å². The number of unbranched alkanes of at least 4 members (excludes halogenated alkanes) is 41. The molecule has 0 rings (SSSR count). The highest BCUT2D eigenvalue weighted by molar-refractivity contribution is 7.47. The minimum Gasteiger partial charge on any atom is -0.462 e. The lowest BCUT2D eigenvalue weighted by molar-refractivity contribution is -0.161. The van der Waals surface area contributed by atoms with Gasteiger partial charge in [-0.1, -0.05) is 323 Å². The summed E-state index contributed by atoms with van der Waals surface area (Å²) in [5, 5.41) is 10.6. The standard InChI is InChI=1S/C77H146O17P2/c1-7-9-11-13-15-17-19-21-23-24-25-27-29-33-37-41-49-55-61-76(81)93-72(65-87-74(79)59-53-47-40-36-32-28-26-22-20-18-16-14-12-10-8-2)67-91-95(83,84)89-63-71(78)64-90-96(85,86)92-68-73(66-88-75(80)60-54-48-44-43-46-52-58-70(5)6)94-77(82)62-56-50-42-38-34-30-31-35-39-45-51-57-69(3)4/h18,20,22,26,69-73,78H,7-17,19,21,23-25,27-68H2,1-6H3,(H,83,84)(H,85,86)/b20-18-,26-22-/t71-,72-,73-/m1/s1. The Labute approximate surface area is 586 Å². The van der Waals surface area contributed by atoms with Crippen LogP contribution in [0.1, 0.15) is 375 Å². The van der Waals surface area contributed by atoms with Gasteiger partial charge in [-0.15, -0.1) is 0 Å². The first-order valence-corrected chi connectivity index (χ1v) is 42.3. The number of phosphoric acid groups is 2. The zero-order valence-corrected chi connectivity index (χ0v) is 63.9. The van der Waals surface area contributed by atoms with Crippen LogP contribution in [0.15, 0.2) is 24.3 Å². The van der Waals surface area contributed by atoms with Gasteiger partial charge in [-0.3, -0.25) is 37.3 Å². The van der Waals surface area contributed by atoms with E-state index in [9.17, 15) is 43.2 Å². The van der Waals surface area contributed by atoms with Crippen molar-refractivity contribution < 1.29 is 80.2 Å². The van der Waals surface area contributed by atoms with Gasteiger partial charge in [-0.25, -0.2) is 9.13 Å². The maximum Gasteiger partial charge on any atom is 0.472 e. The summed E-state index contributed by atoms with van der Waals surface area (Å²) in [5.41, 5.74) is 0. The summed E-state index contributed by atoms with van der Waals surface area (Å²) in [4.78, 5) is 72.8. The normalized spacial score (nSPS) is 14.2. The molecule has 0 heterocycles. The molecule has 0 radical (unpaired) electrons. The molecule has 19 heteroatoms. The van der Waals surface area contributed by atoms with Gasteiger partial charge in [0.15, 0.2) is 12.2 Å². The molecule has 96 heavy (non-hydrogen) atoms. The SMILES string of the molecule is CCCCCC/C=C\C=C/CCCCCCCC(=O)OC[C@H](COP(=O)(O)OC[C@@H](O)COP(=O)(O)OC[C@@H](COC(=O)CCCCCCCCC(C)C)OC(=O)CCCCCCCCCCCCCC(C)C)OC(=O)CCCCCCCCCCCCCCCCCCCC. The molecule has 3 N–H and O–H groups in total. The highest BCUT2D eigenvalue weighted by atomic mass is 31.2. The van der Waals surface area contributed by atoms with Gasteiger partial charge in [-0.05, 0) is 63.2 Å². The number of aliphatic hydroxyl groups excluding tert-OH is 1. The van der Waals surface area contributed by atoms with Gasteiger partial charge in [0.1, 0.15) is 19.3 Å². The summed E-state index contributed by atoms with van der Waals surface area (Å²) in [7, 11) is -9.92. The van der Waals surface area contributed by atoms with Crippen molar-refractivity contribution >= 4 is 39.5 Å². The van der Waals surface area contributed by atoms with E-state index in [0.717, 1.165) is 121 Å². The molecule has 0 spiro atoms. The van der Waals surface area contributed by atoms with E-state index in [1.54, 1.807) is 0 Å². The molecule has 17 nitrogen and oxygen atoms in total. The summed E-state index contributed by atoms with van der Waals surface area (Å²) in [6.45, 7) is 9.45. The number of aliphatic hydroxyl groups is 1. The van der Waals surface area contributed by atoms with Crippen molar-refractivity contribution in [2.24, 2.45) is 11.8 Å². The Morgan fingerprint density at radius 1 is 0.323 bits per heavy atom. The molecule has 0 aromatic carbocycles. The molecule has 566 valence electrons. The molecule has 0 aliphatic rings. The van der Waals surface area contributed by atoms with E-state index in [0.29, 0.717) is 31.6 Å². The second kappa shape index (κ2) is 68.3. The first-order valence-electron chi connectivity index (χ1n) is 39.3. The van der Waals surface area contributed by atoms with Gasteiger partial charge < -0.3 is 33.8 Å². The topological polar surface area (TPSA) is 237 Å². The Morgan fingerprint density at radius 3 is 0.854 bits per heavy atom. The number of carbonyl (C=O) groups is 4. The molecular weight excluding hydrogens is 1260 g/mol. The number of rotatable bonds is 74. The predicted molar refractivity (Wildman–Crippen MR) is 391 cm³/mol. The summed E-state index contributed by atoms with van der Waals surface area (Å²) in [6, 6.07) is 0. The summed E-state index contributed by atoms with van der Waals surface area (Å²) in [5.74, 6) is -0.705. The Balaban J connectivity index is 5.27. The lowest BCUT2D eigenvalue weighted by Crippen LogP contribution is -2.30.